The number of hydrogen-bond donors (Lipinski definition) is 2. The van der Waals surface area contributed by atoms with E-state index in [1.807, 2.05) is 13.8 Å². The zero-order valence-corrected chi connectivity index (χ0v) is 16.4. The molecule has 1 saturated carbocycles. The highest BCUT2D eigenvalue weighted by Gasteiger charge is 2.27. The Morgan fingerprint density at radius 3 is 2.56 bits per heavy atom. The largest absolute Gasteiger partial charge is 0.354 e. The monoisotopic (exact) mass is 375 g/mol. The lowest BCUT2D eigenvalue weighted by atomic mass is 9.85. The third-order valence-electron chi connectivity index (χ3n) is 5.24. The zero-order valence-electron chi connectivity index (χ0n) is 16.4. The van der Waals surface area contributed by atoms with Crippen molar-refractivity contribution in [3.8, 4) is 0 Å². The minimum absolute atomic E-state index is 0.0236. The Morgan fingerprint density at radius 2 is 1.89 bits per heavy atom. The number of nitrogens with zero attached hydrogens (tertiary/aromatic N) is 3. The molecule has 2 aromatic rings. The van der Waals surface area contributed by atoms with E-state index in [0.29, 0.717) is 24.3 Å². The summed E-state index contributed by atoms with van der Waals surface area (Å²) in [7, 11) is 0. The van der Waals surface area contributed by atoms with Gasteiger partial charge < -0.3 is 10.3 Å². The number of carbonyl (C=O) groups is 1. The SMILES string of the molecule is CCCn1c(=O)c2[nH]c(C3CCCC(NC(C)=O)C3)nc2n(CCC)c1=O. The van der Waals surface area contributed by atoms with Gasteiger partial charge in [0.2, 0.25) is 5.91 Å². The lowest BCUT2D eigenvalue weighted by Crippen LogP contribution is -2.40. The summed E-state index contributed by atoms with van der Waals surface area (Å²) >= 11 is 0. The van der Waals surface area contributed by atoms with Crippen LogP contribution < -0.4 is 16.6 Å². The molecular formula is C19H29N5O3. The quantitative estimate of drug-likeness (QED) is 0.804. The van der Waals surface area contributed by atoms with Crippen LogP contribution in [0.25, 0.3) is 11.2 Å². The van der Waals surface area contributed by atoms with Gasteiger partial charge in [-0.2, -0.15) is 0 Å². The standard InChI is InChI=1S/C19H29N5O3/c1-4-9-23-17-15(18(26)24(10-5-2)19(23)27)21-16(22-17)13-7-6-8-14(11-13)20-12(3)25/h13-14H,4-11H2,1-3H3,(H,20,25)(H,21,22). The van der Waals surface area contributed by atoms with Crippen LogP contribution in [0, 0.1) is 0 Å². The fourth-order valence-corrected chi connectivity index (χ4v) is 4.08. The van der Waals surface area contributed by atoms with Gasteiger partial charge >= 0.3 is 5.69 Å². The first-order chi connectivity index (χ1) is 13.0. The molecule has 2 heterocycles. The molecule has 1 aliphatic rings. The minimum Gasteiger partial charge on any atom is -0.354 e. The van der Waals surface area contributed by atoms with Crippen molar-refractivity contribution in [2.45, 2.75) is 84.3 Å². The predicted octanol–water partition coefficient (Wildman–Crippen LogP) is 1.87. The highest BCUT2D eigenvalue weighted by Crippen LogP contribution is 2.32. The van der Waals surface area contributed by atoms with Crippen LogP contribution in [-0.4, -0.2) is 31.1 Å². The molecule has 8 heteroatoms. The van der Waals surface area contributed by atoms with E-state index in [2.05, 4.69) is 15.3 Å². The summed E-state index contributed by atoms with van der Waals surface area (Å²) in [5.41, 5.74) is 0.287. The van der Waals surface area contributed by atoms with Crippen molar-refractivity contribution in [2.24, 2.45) is 0 Å². The van der Waals surface area contributed by atoms with Crippen molar-refractivity contribution in [3.05, 3.63) is 26.7 Å². The van der Waals surface area contributed by atoms with Crippen molar-refractivity contribution in [1.82, 2.24) is 24.4 Å². The number of H-pyrrole nitrogens is 1. The molecule has 1 amide bonds. The smallest absolute Gasteiger partial charge is 0.332 e. The molecule has 3 rings (SSSR count). The second kappa shape index (κ2) is 8.10. The minimum atomic E-state index is -0.294. The van der Waals surface area contributed by atoms with Crippen molar-refractivity contribution in [2.75, 3.05) is 0 Å². The first-order valence-electron chi connectivity index (χ1n) is 9.96. The van der Waals surface area contributed by atoms with E-state index in [-0.39, 0.29) is 29.1 Å². The van der Waals surface area contributed by atoms with Crippen molar-refractivity contribution in [3.63, 3.8) is 0 Å². The van der Waals surface area contributed by atoms with Crippen LogP contribution in [0.4, 0.5) is 0 Å². The summed E-state index contributed by atoms with van der Waals surface area (Å²) < 4.78 is 2.92. The first-order valence-corrected chi connectivity index (χ1v) is 9.96. The van der Waals surface area contributed by atoms with Gasteiger partial charge in [0, 0.05) is 32.0 Å². The fourth-order valence-electron chi connectivity index (χ4n) is 4.08. The van der Waals surface area contributed by atoms with Crippen LogP contribution in [-0.2, 0) is 17.9 Å². The maximum absolute atomic E-state index is 12.8. The number of fused-ring (bicyclic) bond motifs is 1. The second-order valence-corrected chi connectivity index (χ2v) is 7.47. The van der Waals surface area contributed by atoms with Crippen LogP contribution in [0.3, 0.4) is 0 Å². The number of aromatic amines is 1. The van der Waals surface area contributed by atoms with Gasteiger partial charge in [0.25, 0.3) is 5.56 Å². The molecule has 1 fully saturated rings. The summed E-state index contributed by atoms with van der Waals surface area (Å²) in [4.78, 5) is 44.9. The number of carbonyl (C=O) groups excluding carboxylic acids is 1. The zero-order chi connectivity index (χ0) is 19.6. The molecule has 2 unspecified atom stereocenters. The molecule has 2 aromatic heterocycles. The molecule has 2 N–H and O–H groups in total. The topological polar surface area (TPSA) is 102 Å². The third-order valence-corrected chi connectivity index (χ3v) is 5.24. The number of imidazole rings is 1. The van der Waals surface area contributed by atoms with Gasteiger partial charge in [0.05, 0.1) is 0 Å². The summed E-state index contributed by atoms with van der Waals surface area (Å²) in [6.07, 6.45) is 5.20. The number of nitrogens with one attached hydrogen (secondary N) is 2. The highest BCUT2D eigenvalue weighted by molar-refractivity contribution is 5.73. The number of hydrogen-bond acceptors (Lipinski definition) is 4. The normalized spacial score (nSPS) is 20.1. The lowest BCUT2D eigenvalue weighted by Gasteiger charge is -2.28. The molecule has 0 saturated heterocycles. The Morgan fingerprint density at radius 1 is 1.19 bits per heavy atom. The van der Waals surface area contributed by atoms with Crippen LogP contribution in [0.5, 0.6) is 0 Å². The Hall–Kier alpha value is -2.38. The van der Waals surface area contributed by atoms with E-state index in [1.165, 1.54) is 11.5 Å². The van der Waals surface area contributed by atoms with Gasteiger partial charge in [0.1, 0.15) is 11.3 Å². The van der Waals surface area contributed by atoms with Crippen molar-refractivity contribution >= 4 is 17.1 Å². The Labute approximate surface area is 158 Å². The Kier molecular flexibility index (Phi) is 5.82. The van der Waals surface area contributed by atoms with Gasteiger partial charge in [-0.1, -0.05) is 20.3 Å². The molecule has 0 aromatic carbocycles. The van der Waals surface area contributed by atoms with Gasteiger partial charge in [-0.15, -0.1) is 0 Å². The molecule has 0 aliphatic heterocycles. The molecular weight excluding hydrogens is 346 g/mol. The van der Waals surface area contributed by atoms with E-state index in [4.69, 9.17) is 0 Å². The number of aryl methyl sites for hydroxylation is 1. The average molecular weight is 375 g/mol. The lowest BCUT2D eigenvalue weighted by molar-refractivity contribution is -0.119. The van der Waals surface area contributed by atoms with Gasteiger partial charge in [-0.05, 0) is 32.1 Å². The van der Waals surface area contributed by atoms with Gasteiger partial charge in [-0.3, -0.25) is 18.7 Å². The van der Waals surface area contributed by atoms with Crippen molar-refractivity contribution < 1.29 is 4.79 Å². The van der Waals surface area contributed by atoms with Gasteiger partial charge in [-0.25, -0.2) is 9.78 Å². The fraction of sp³-hybridized carbons (Fsp3) is 0.684. The maximum atomic E-state index is 12.8. The molecule has 148 valence electrons. The molecule has 1 aliphatic carbocycles. The summed E-state index contributed by atoms with van der Waals surface area (Å²) in [6, 6.07) is 0.129. The van der Waals surface area contributed by atoms with E-state index in [0.717, 1.165) is 44.3 Å². The third kappa shape index (κ3) is 3.84. The van der Waals surface area contributed by atoms with E-state index in [1.54, 1.807) is 4.57 Å². The van der Waals surface area contributed by atoms with E-state index in [9.17, 15) is 14.4 Å². The van der Waals surface area contributed by atoms with E-state index >= 15 is 0 Å². The predicted molar refractivity (Wildman–Crippen MR) is 104 cm³/mol. The molecule has 0 radical (unpaired) electrons. The van der Waals surface area contributed by atoms with Crippen LogP contribution in [0.1, 0.15) is 71.0 Å². The molecule has 0 spiro atoms. The number of aromatic nitrogens is 4. The molecule has 0 bridgehead atoms. The second-order valence-electron chi connectivity index (χ2n) is 7.47. The molecule has 27 heavy (non-hydrogen) atoms. The first kappa shape index (κ1) is 19.4. The van der Waals surface area contributed by atoms with E-state index < -0.39 is 0 Å². The van der Waals surface area contributed by atoms with Gasteiger partial charge in [0.15, 0.2) is 5.65 Å². The number of amides is 1. The Balaban J connectivity index is 2.05. The maximum Gasteiger partial charge on any atom is 0.332 e. The number of rotatable bonds is 6. The van der Waals surface area contributed by atoms with Crippen LogP contribution in [0.2, 0.25) is 0 Å². The Bertz CT molecular complexity index is 939. The molecule has 8 nitrogen and oxygen atoms in total. The summed E-state index contributed by atoms with van der Waals surface area (Å²) in [5, 5.41) is 2.99. The highest BCUT2D eigenvalue weighted by atomic mass is 16.2. The van der Waals surface area contributed by atoms with Crippen LogP contribution in [0.15, 0.2) is 9.59 Å². The molecule has 2 atom stereocenters. The summed E-state index contributed by atoms with van der Waals surface area (Å²) in [5.74, 6) is 0.868. The summed E-state index contributed by atoms with van der Waals surface area (Å²) in [6.45, 7) is 6.41. The van der Waals surface area contributed by atoms with Crippen LogP contribution >= 0.6 is 0 Å². The van der Waals surface area contributed by atoms with Crippen molar-refractivity contribution in [1.29, 1.82) is 0 Å². The average Bonchev–Trinajstić information content (AvgIpc) is 3.07.